The Labute approximate surface area is 120 Å². The lowest BCUT2D eigenvalue weighted by atomic mass is 10.2. The van der Waals surface area contributed by atoms with Crippen molar-refractivity contribution in [2.24, 2.45) is 7.05 Å². The first-order valence-corrected chi connectivity index (χ1v) is 6.45. The van der Waals surface area contributed by atoms with Crippen LogP contribution in [0.3, 0.4) is 0 Å². The van der Waals surface area contributed by atoms with Gasteiger partial charge in [0.05, 0.1) is 17.7 Å². The SMILES string of the molecule is Cn1cc([N+](=O)[O-])c(=O)n(Cc2ccsc2C(=O)O)c1=O. The van der Waals surface area contributed by atoms with Crippen LogP contribution in [0, 0.1) is 10.1 Å². The summed E-state index contributed by atoms with van der Waals surface area (Å²) in [6.07, 6.45) is 0.840. The van der Waals surface area contributed by atoms with Crippen LogP contribution in [0.15, 0.2) is 27.2 Å². The molecule has 0 unspecified atom stereocenters. The van der Waals surface area contributed by atoms with Crippen molar-refractivity contribution < 1.29 is 14.8 Å². The molecule has 0 aromatic carbocycles. The van der Waals surface area contributed by atoms with E-state index in [-0.39, 0.29) is 17.0 Å². The largest absolute Gasteiger partial charge is 0.477 e. The first kappa shape index (κ1) is 14.7. The summed E-state index contributed by atoms with van der Waals surface area (Å²) in [7, 11) is 1.27. The van der Waals surface area contributed by atoms with E-state index in [1.807, 2.05) is 0 Å². The van der Waals surface area contributed by atoms with Gasteiger partial charge in [-0.05, 0) is 17.0 Å². The molecule has 0 saturated heterocycles. The van der Waals surface area contributed by atoms with Gasteiger partial charge in [-0.3, -0.25) is 19.5 Å². The van der Waals surface area contributed by atoms with Crippen molar-refractivity contribution in [2.75, 3.05) is 0 Å². The van der Waals surface area contributed by atoms with Crippen LogP contribution >= 0.6 is 11.3 Å². The lowest BCUT2D eigenvalue weighted by Crippen LogP contribution is -2.39. The number of carbonyl (C=O) groups is 1. The number of aromatic nitrogens is 2. The number of nitrogens with zero attached hydrogens (tertiary/aromatic N) is 3. The maximum absolute atomic E-state index is 12.0. The van der Waals surface area contributed by atoms with Crippen molar-refractivity contribution >= 4 is 23.0 Å². The summed E-state index contributed by atoms with van der Waals surface area (Å²) < 4.78 is 1.55. The minimum atomic E-state index is -1.18. The zero-order valence-corrected chi connectivity index (χ0v) is 11.5. The quantitative estimate of drug-likeness (QED) is 0.638. The second-order valence-corrected chi connectivity index (χ2v) is 5.05. The number of nitro groups is 1. The van der Waals surface area contributed by atoms with Crippen molar-refractivity contribution in [1.29, 1.82) is 0 Å². The average Bonchev–Trinajstić information content (AvgIpc) is 2.86. The van der Waals surface area contributed by atoms with Crippen LogP contribution < -0.4 is 11.2 Å². The number of carboxylic acid groups (broad SMARTS) is 1. The first-order chi connectivity index (χ1) is 9.82. The van der Waals surface area contributed by atoms with Gasteiger partial charge >= 0.3 is 22.9 Å². The highest BCUT2D eigenvalue weighted by Crippen LogP contribution is 2.17. The van der Waals surface area contributed by atoms with Gasteiger partial charge in [0.1, 0.15) is 4.88 Å². The molecular weight excluding hydrogens is 302 g/mol. The molecule has 1 N–H and O–H groups in total. The van der Waals surface area contributed by atoms with E-state index in [0.717, 1.165) is 22.1 Å². The molecule has 0 bridgehead atoms. The van der Waals surface area contributed by atoms with Crippen molar-refractivity contribution in [3.63, 3.8) is 0 Å². The molecule has 9 nitrogen and oxygen atoms in total. The summed E-state index contributed by atoms with van der Waals surface area (Å²) in [5.41, 5.74) is -2.32. The summed E-state index contributed by atoms with van der Waals surface area (Å²) in [6, 6.07) is 1.46. The van der Waals surface area contributed by atoms with Crippen molar-refractivity contribution in [3.8, 4) is 0 Å². The second kappa shape index (κ2) is 5.32. The predicted octanol–water partition coefficient (Wildman–Crippen LogP) is 0.263. The molecule has 110 valence electrons. The number of aromatic carboxylic acids is 1. The maximum Gasteiger partial charge on any atom is 0.350 e. The van der Waals surface area contributed by atoms with Crippen LogP contribution in [0.1, 0.15) is 15.2 Å². The summed E-state index contributed by atoms with van der Waals surface area (Å²) in [4.78, 5) is 44.8. The molecule has 10 heteroatoms. The molecule has 2 aromatic heterocycles. The highest BCUT2D eigenvalue weighted by Gasteiger charge is 2.20. The van der Waals surface area contributed by atoms with E-state index in [1.54, 1.807) is 0 Å². The average molecular weight is 311 g/mol. The fourth-order valence-electron chi connectivity index (χ4n) is 1.79. The molecule has 2 aromatic rings. The zero-order chi connectivity index (χ0) is 15.7. The van der Waals surface area contributed by atoms with Gasteiger partial charge in [-0.25, -0.2) is 14.2 Å². The Morgan fingerprint density at radius 2 is 2.14 bits per heavy atom. The van der Waals surface area contributed by atoms with E-state index in [2.05, 4.69) is 0 Å². The molecule has 0 saturated carbocycles. The Hall–Kier alpha value is -2.75. The number of thiophene rings is 1. The number of hydrogen-bond acceptors (Lipinski definition) is 6. The lowest BCUT2D eigenvalue weighted by molar-refractivity contribution is -0.387. The molecule has 21 heavy (non-hydrogen) atoms. The van der Waals surface area contributed by atoms with Gasteiger partial charge in [0.25, 0.3) is 0 Å². The number of aryl methyl sites for hydroxylation is 1. The van der Waals surface area contributed by atoms with Gasteiger partial charge in [-0.1, -0.05) is 0 Å². The summed E-state index contributed by atoms with van der Waals surface area (Å²) in [5, 5.41) is 21.3. The number of rotatable bonds is 4. The minimum absolute atomic E-state index is 0.0181. The van der Waals surface area contributed by atoms with E-state index < -0.39 is 27.8 Å². The van der Waals surface area contributed by atoms with Crippen molar-refractivity contribution in [3.05, 3.63) is 59.0 Å². The van der Waals surface area contributed by atoms with Gasteiger partial charge in [-0.2, -0.15) is 0 Å². The first-order valence-electron chi connectivity index (χ1n) is 5.57. The van der Waals surface area contributed by atoms with E-state index >= 15 is 0 Å². The van der Waals surface area contributed by atoms with E-state index in [4.69, 9.17) is 5.11 Å². The molecule has 0 amide bonds. The molecule has 0 aliphatic rings. The highest BCUT2D eigenvalue weighted by atomic mass is 32.1. The van der Waals surface area contributed by atoms with Crippen LogP contribution in [0.5, 0.6) is 0 Å². The molecule has 2 rings (SSSR count). The van der Waals surface area contributed by atoms with Crippen LogP contribution in [0.4, 0.5) is 5.69 Å². The van der Waals surface area contributed by atoms with Crippen LogP contribution in [0.2, 0.25) is 0 Å². The Balaban J connectivity index is 2.62. The molecule has 0 aliphatic heterocycles. The highest BCUT2D eigenvalue weighted by molar-refractivity contribution is 7.12. The molecule has 0 fully saturated rings. The van der Waals surface area contributed by atoms with E-state index in [9.17, 15) is 24.5 Å². The Bertz CT molecular complexity index is 846. The normalized spacial score (nSPS) is 10.5. The molecule has 2 heterocycles. The summed E-state index contributed by atoms with van der Waals surface area (Å²) >= 11 is 0.946. The molecular formula is C11H9N3O6S. The Morgan fingerprint density at radius 3 is 2.71 bits per heavy atom. The Kier molecular flexibility index (Phi) is 3.72. The summed E-state index contributed by atoms with van der Waals surface area (Å²) in [6.45, 7) is -0.335. The zero-order valence-electron chi connectivity index (χ0n) is 10.7. The van der Waals surface area contributed by atoms with Gasteiger partial charge in [-0.15, -0.1) is 11.3 Å². The third-order valence-electron chi connectivity index (χ3n) is 2.78. The van der Waals surface area contributed by atoms with E-state index in [0.29, 0.717) is 4.57 Å². The summed E-state index contributed by atoms with van der Waals surface area (Å²) in [5.74, 6) is -1.18. The van der Waals surface area contributed by atoms with Gasteiger partial charge in [0.2, 0.25) is 0 Å². The van der Waals surface area contributed by atoms with Crippen LogP contribution in [0.25, 0.3) is 0 Å². The second-order valence-electron chi connectivity index (χ2n) is 4.14. The predicted molar refractivity (Wildman–Crippen MR) is 73.0 cm³/mol. The molecule has 0 aliphatic carbocycles. The smallest absolute Gasteiger partial charge is 0.350 e. The lowest BCUT2D eigenvalue weighted by Gasteiger charge is -2.06. The van der Waals surface area contributed by atoms with Crippen molar-refractivity contribution in [2.45, 2.75) is 6.54 Å². The van der Waals surface area contributed by atoms with Crippen LogP contribution in [-0.2, 0) is 13.6 Å². The van der Waals surface area contributed by atoms with Crippen LogP contribution in [-0.4, -0.2) is 25.1 Å². The molecule has 0 atom stereocenters. The van der Waals surface area contributed by atoms with E-state index in [1.165, 1.54) is 18.5 Å². The maximum atomic E-state index is 12.0. The topological polar surface area (TPSA) is 124 Å². The van der Waals surface area contributed by atoms with Gasteiger partial charge in [0, 0.05) is 7.05 Å². The monoisotopic (exact) mass is 311 g/mol. The third kappa shape index (κ3) is 2.60. The fraction of sp³-hybridized carbons (Fsp3) is 0.182. The standard InChI is InChI=1S/C11H9N3O6S/c1-12-5-7(14(19)20)9(15)13(11(12)18)4-6-2-3-21-8(6)10(16)17/h2-3,5H,4H2,1H3,(H,16,17). The minimum Gasteiger partial charge on any atom is -0.477 e. The number of hydrogen-bond donors (Lipinski definition) is 1. The molecule has 0 spiro atoms. The van der Waals surface area contributed by atoms with Gasteiger partial charge in [0.15, 0.2) is 0 Å². The number of carboxylic acids is 1. The van der Waals surface area contributed by atoms with Crippen molar-refractivity contribution in [1.82, 2.24) is 9.13 Å². The Morgan fingerprint density at radius 1 is 1.48 bits per heavy atom. The molecule has 0 radical (unpaired) electrons. The van der Waals surface area contributed by atoms with Gasteiger partial charge < -0.3 is 5.11 Å². The third-order valence-corrected chi connectivity index (χ3v) is 3.72. The fourth-order valence-corrected chi connectivity index (χ4v) is 2.55.